The topological polar surface area (TPSA) is 38.7 Å². The second kappa shape index (κ2) is 2.60. The molecule has 0 aromatic carbocycles. The first-order valence-electron chi connectivity index (χ1n) is 3.22. The Kier molecular flexibility index (Phi) is 1.97. The van der Waals surface area contributed by atoms with Crippen LogP contribution in [0.5, 0.6) is 0 Å². The van der Waals surface area contributed by atoms with E-state index in [1.54, 1.807) is 0 Å². The Bertz CT molecular complexity index is 149. The standard InChI is InChI=1S/C7H12O3/c1-7(2)6(3-8)4-9-5-10-7/h3,8H,4-5H2,1-2H3/b6-3+. The average Bonchev–Trinajstić information content (AvgIpc) is 1.87. The number of aliphatic hydroxyl groups is 1. The van der Waals surface area contributed by atoms with E-state index in [4.69, 9.17) is 14.6 Å². The van der Waals surface area contributed by atoms with Gasteiger partial charge in [-0.15, -0.1) is 0 Å². The molecule has 0 bridgehead atoms. The summed E-state index contributed by atoms with van der Waals surface area (Å²) in [4.78, 5) is 0. The fourth-order valence-corrected chi connectivity index (χ4v) is 0.800. The summed E-state index contributed by atoms with van der Waals surface area (Å²) in [6.07, 6.45) is 1.05. The molecule has 10 heavy (non-hydrogen) atoms. The monoisotopic (exact) mass is 144 g/mol. The SMILES string of the molecule is CC1(C)OCOC/C1=C\O. The molecule has 1 heterocycles. The van der Waals surface area contributed by atoms with Gasteiger partial charge in [0, 0.05) is 5.57 Å². The van der Waals surface area contributed by atoms with Crippen molar-refractivity contribution >= 4 is 0 Å². The van der Waals surface area contributed by atoms with Gasteiger partial charge in [-0.25, -0.2) is 0 Å². The summed E-state index contributed by atoms with van der Waals surface area (Å²) in [6, 6.07) is 0. The lowest BCUT2D eigenvalue weighted by Gasteiger charge is -2.31. The van der Waals surface area contributed by atoms with Crippen LogP contribution in [0.3, 0.4) is 0 Å². The van der Waals surface area contributed by atoms with Crippen LogP contribution in [0.25, 0.3) is 0 Å². The molecule has 0 spiro atoms. The van der Waals surface area contributed by atoms with E-state index in [0.717, 1.165) is 11.8 Å². The summed E-state index contributed by atoms with van der Waals surface area (Å²) in [5.74, 6) is 0. The van der Waals surface area contributed by atoms with Crippen molar-refractivity contribution in [1.82, 2.24) is 0 Å². The smallest absolute Gasteiger partial charge is 0.148 e. The van der Waals surface area contributed by atoms with E-state index in [9.17, 15) is 0 Å². The Morgan fingerprint density at radius 3 is 2.70 bits per heavy atom. The van der Waals surface area contributed by atoms with Gasteiger partial charge in [0.2, 0.25) is 0 Å². The molecule has 0 radical (unpaired) electrons. The maximum atomic E-state index is 8.70. The van der Waals surface area contributed by atoms with Gasteiger partial charge in [-0.3, -0.25) is 0 Å². The molecular formula is C7H12O3. The fraction of sp³-hybridized carbons (Fsp3) is 0.714. The van der Waals surface area contributed by atoms with Crippen LogP contribution in [0.2, 0.25) is 0 Å². The molecule has 58 valence electrons. The summed E-state index contributed by atoms with van der Waals surface area (Å²) < 4.78 is 10.2. The van der Waals surface area contributed by atoms with E-state index in [2.05, 4.69) is 0 Å². The van der Waals surface area contributed by atoms with Crippen LogP contribution in [0.15, 0.2) is 11.8 Å². The minimum absolute atomic E-state index is 0.310. The number of hydrogen-bond donors (Lipinski definition) is 1. The lowest BCUT2D eigenvalue weighted by Crippen LogP contribution is -2.35. The predicted molar refractivity (Wildman–Crippen MR) is 36.7 cm³/mol. The van der Waals surface area contributed by atoms with Crippen molar-refractivity contribution in [2.45, 2.75) is 19.4 Å². The van der Waals surface area contributed by atoms with E-state index in [-0.39, 0.29) is 5.60 Å². The molecule has 0 aliphatic carbocycles. The molecule has 0 atom stereocenters. The quantitative estimate of drug-likeness (QED) is 0.519. The van der Waals surface area contributed by atoms with Crippen LogP contribution >= 0.6 is 0 Å². The first-order valence-corrected chi connectivity index (χ1v) is 3.22. The second-order valence-electron chi connectivity index (χ2n) is 2.78. The zero-order valence-corrected chi connectivity index (χ0v) is 6.26. The van der Waals surface area contributed by atoms with E-state index in [0.29, 0.717) is 13.4 Å². The normalized spacial score (nSPS) is 28.8. The molecular weight excluding hydrogens is 132 g/mol. The molecule has 1 N–H and O–H groups in total. The van der Waals surface area contributed by atoms with Gasteiger partial charge < -0.3 is 14.6 Å². The molecule has 0 unspecified atom stereocenters. The Balaban J connectivity index is 2.70. The minimum Gasteiger partial charge on any atom is -0.515 e. The van der Waals surface area contributed by atoms with Crippen LogP contribution < -0.4 is 0 Å². The van der Waals surface area contributed by atoms with E-state index < -0.39 is 0 Å². The maximum absolute atomic E-state index is 8.70. The van der Waals surface area contributed by atoms with Crippen molar-refractivity contribution in [2.24, 2.45) is 0 Å². The van der Waals surface area contributed by atoms with Gasteiger partial charge in [0.05, 0.1) is 18.5 Å². The lowest BCUT2D eigenvalue weighted by molar-refractivity contribution is -0.145. The number of hydrogen-bond acceptors (Lipinski definition) is 3. The first-order chi connectivity index (χ1) is 4.67. The van der Waals surface area contributed by atoms with Gasteiger partial charge in [0.1, 0.15) is 6.79 Å². The molecule has 3 nitrogen and oxygen atoms in total. The van der Waals surface area contributed by atoms with Crippen LogP contribution in [0, 0.1) is 0 Å². The highest BCUT2D eigenvalue weighted by atomic mass is 16.7. The van der Waals surface area contributed by atoms with Crippen molar-refractivity contribution in [2.75, 3.05) is 13.4 Å². The van der Waals surface area contributed by atoms with Crippen molar-refractivity contribution in [3.8, 4) is 0 Å². The Labute approximate surface area is 60.3 Å². The second-order valence-corrected chi connectivity index (χ2v) is 2.78. The Morgan fingerprint density at radius 1 is 1.60 bits per heavy atom. The molecule has 0 aromatic heterocycles. The highest BCUT2D eigenvalue weighted by molar-refractivity contribution is 5.13. The van der Waals surface area contributed by atoms with E-state index >= 15 is 0 Å². The van der Waals surface area contributed by atoms with Crippen molar-refractivity contribution in [1.29, 1.82) is 0 Å². The number of ether oxygens (including phenoxy) is 2. The zero-order valence-electron chi connectivity index (χ0n) is 6.26. The van der Waals surface area contributed by atoms with Crippen LogP contribution in [-0.4, -0.2) is 24.1 Å². The van der Waals surface area contributed by atoms with Crippen LogP contribution in [-0.2, 0) is 9.47 Å². The van der Waals surface area contributed by atoms with Crippen LogP contribution in [0.4, 0.5) is 0 Å². The summed E-state index contributed by atoms with van der Waals surface area (Å²) in [5, 5.41) is 8.70. The summed E-state index contributed by atoms with van der Waals surface area (Å²) in [7, 11) is 0. The average molecular weight is 144 g/mol. The molecule has 1 saturated heterocycles. The zero-order chi connectivity index (χ0) is 7.61. The third-order valence-electron chi connectivity index (χ3n) is 1.69. The Hall–Kier alpha value is -0.540. The molecule has 1 fully saturated rings. The molecule has 1 aliphatic rings. The van der Waals surface area contributed by atoms with Gasteiger partial charge in [-0.1, -0.05) is 0 Å². The largest absolute Gasteiger partial charge is 0.515 e. The predicted octanol–water partition coefficient (Wildman–Crippen LogP) is 1.21. The van der Waals surface area contributed by atoms with Gasteiger partial charge in [0.25, 0.3) is 0 Å². The molecule has 0 amide bonds. The lowest BCUT2D eigenvalue weighted by atomic mass is 9.99. The molecule has 1 aliphatic heterocycles. The van der Waals surface area contributed by atoms with E-state index in [1.807, 2.05) is 13.8 Å². The molecule has 0 saturated carbocycles. The number of rotatable bonds is 0. The molecule has 1 rings (SSSR count). The minimum atomic E-state index is -0.368. The molecule has 0 aromatic rings. The van der Waals surface area contributed by atoms with E-state index in [1.165, 1.54) is 0 Å². The molecule has 3 heteroatoms. The summed E-state index contributed by atoms with van der Waals surface area (Å²) >= 11 is 0. The van der Waals surface area contributed by atoms with Crippen molar-refractivity contribution < 1.29 is 14.6 Å². The van der Waals surface area contributed by atoms with Gasteiger partial charge in [-0.05, 0) is 13.8 Å². The van der Waals surface area contributed by atoms with Crippen molar-refractivity contribution in [3.05, 3.63) is 11.8 Å². The number of aliphatic hydroxyl groups excluding tert-OH is 1. The Morgan fingerprint density at radius 2 is 2.30 bits per heavy atom. The third kappa shape index (κ3) is 1.30. The van der Waals surface area contributed by atoms with Crippen LogP contribution in [0.1, 0.15) is 13.8 Å². The van der Waals surface area contributed by atoms with Crippen molar-refractivity contribution in [3.63, 3.8) is 0 Å². The van der Waals surface area contributed by atoms with Gasteiger partial charge >= 0.3 is 0 Å². The third-order valence-corrected chi connectivity index (χ3v) is 1.69. The van der Waals surface area contributed by atoms with Gasteiger partial charge in [-0.2, -0.15) is 0 Å². The first kappa shape index (κ1) is 7.57. The van der Waals surface area contributed by atoms with Gasteiger partial charge in [0.15, 0.2) is 0 Å². The summed E-state index contributed by atoms with van der Waals surface area (Å²) in [5.41, 5.74) is 0.409. The maximum Gasteiger partial charge on any atom is 0.148 e. The highest BCUT2D eigenvalue weighted by Crippen LogP contribution is 2.23. The summed E-state index contributed by atoms with van der Waals surface area (Å²) in [6.45, 7) is 4.57. The fourth-order valence-electron chi connectivity index (χ4n) is 0.800. The highest BCUT2D eigenvalue weighted by Gasteiger charge is 2.28.